The smallest absolute Gasteiger partial charge is 0.129 e. The summed E-state index contributed by atoms with van der Waals surface area (Å²) in [6, 6.07) is 5.74. The van der Waals surface area contributed by atoms with Crippen LogP contribution in [0.4, 0.5) is 4.39 Å². The summed E-state index contributed by atoms with van der Waals surface area (Å²) in [6.45, 7) is 6.29. The Balaban J connectivity index is 2.76. The Kier molecular flexibility index (Phi) is 5.42. The quantitative estimate of drug-likeness (QED) is 0.845. The maximum absolute atomic E-state index is 13.7. The Morgan fingerprint density at radius 3 is 2.44 bits per heavy atom. The Morgan fingerprint density at radius 1 is 1.31 bits per heavy atom. The van der Waals surface area contributed by atoms with Crippen LogP contribution >= 0.6 is 15.9 Å². The van der Waals surface area contributed by atoms with Crippen molar-refractivity contribution in [1.29, 1.82) is 0 Å². The monoisotopic (exact) mass is 287 g/mol. The van der Waals surface area contributed by atoms with E-state index < -0.39 is 0 Å². The second kappa shape index (κ2) is 6.36. The van der Waals surface area contributed by atoms with E-state index in [1.54, 1.807) is 0 Å². The van der Waals surface area contributed by atoms with Gasteiger partial charge in [0.1, 0.15) is 5.82 Å². The van der Waals surface area contributed by atoms with E-state index in [9.17, 15) is 4.39 Å². The molecule has 0 heterocycles. The van der Waals surface area contributed by atoms with Crippen molar-refractivity contribution in [2.75, 3.05) is 0 Å². The van der Waals surface area contributed by atoms with Crippen molar-refractivity contribution in [1.82, 2.24) is 5.32 Å². The minimum absolute atomic E-state index is 0.0537. The first-order valence-electron chi connectivity index (χ1n) is 5.79. The van der Waals surface area contributed by atoms with E-state index in [1.165, 1.54) is 6.07 Å². The van der Waals surface area contributed by atoms with Gasteiger partial charge in [0.2, 0.25) is 0 Å². The van der Waals surface area contributed by atoms with Crippen LogP contribution < -0.4 is 5.32 Å². The molecule has 1 N–H and O–H groups in total. The van der Waals surface area contributed by atoms with E-state index in [-0.39, 0.29) is 11.9 Å². The van der Waals surface area contributed by atoms with Gasteiger partial charge in [0.05, 0.1) is 0 Å². The molecule has 0 saturated carbocycles. The highest BCUT2D eigenvalue weighted by molar-refractivity contribution is 9.10. The first-order valence-corrected chi connectivity index (χ1v) is 6.58. The van der Waals surface area contributed by atoms with Crippen molar-refractivity contribution in [3.63, 3.8) is 0 Å². The third kappa shape index (κ3) is 3.56. The number of halogens is 2. The van der Waals surface area contributed by atoms with E-state index in [0.717, 1.165) is 22.9 Å². The van der Waals surface area contributed by atoms with Gasteiger partial charge in [-0.05, 0) is 31.9 Å². The average Bonchev–Trinajstić information content (AvgIpc) is 2.25. The molecular formula is C13H19BrFN. The van der Waals surface area contributed by atoms with Gasteiger partial charge in [0.15, 0.2) is 0 Å². The van der Waals surface area contributed by atoms with Gasteiger partial charge in [-0.15, -0.1) is 0 Å². The number of rotatable bonds is 5. The first-order chi connectivity index (χ1) is 7.58. The van der Waals surface area contributed by atoms with Gasteiger partial charge in [-0.3, -0.25) is 0 Å². The van der Waals surface area contributed by atoms with Crippen LogP contribution in [0.3, 0.4) is 0 Å². The maximum Gasteiger partial charge on any atom is 0.129 e. The summed E-state index contributed by atoms with van der Waals surface area (Å²) in [7, 11) is 0. The Bertz CT molecular complexity index is 337. The van der Waals surface area contributed by atoms with Gasteiger partial charge >= 0.3 is 0 Å². The molecule has 0 radical (unpaired) electrons. The highest BCUT2D eigenvalue weighted by Gasteiger charge is 2.13. The summed E-state index contributed by atoms with van der Waals surface area (Å²) >= 11 is 3.26. The van der Waals surface area contributed by atoms with Crippen LogP contribution in [0.25, 0.3) is 0 Å². The molecule has 1 aromatic rings. The zero-order valence-corrected chi connectivity index (χ0v) is 11.6. The fourth-order valence-corrected chi connectivity index (χ4v) is 2.15. The highest BCUT2D eigenvalue weighted by atomic mass is 79.9. The van der Waals surface area contributed by atoms with E-state index in [1.807, 2.05) is 19.1 Å². The Morgan fingerprint density at radius 2 is 1.94 bits per heavy atom. The van der Waals surface area contributed by atoms with Crippen LogP contribution in [0, 0.1) is 5.82 Å². The third-order valence-corrected chi connectivity index (χ3v) is 3.39. The molecule has 0 aliphatic rings. The molecule has 1 unspecified atom stereocenters. The van der Waals surface area contributed by atoms with E-state index >= 15 is 0 Å². The normalized spacial score (nSPS) is 13.1. The van der Waals surface area contributed by atoms with Crippen LogP contribution in [0.15, 0.2) is 22.7 Å². The lowest BCUT2D eigenvalue weighted by molar-refractivity contribution is 0.422. The molecule has 0 fully saturated rings. The van der Waals surface area contributed by atoms with Crippen LogP contribution in [0.2, 0.25) is 0 Å². The zero-order valence-electron chi connectivity index (χ0n) is 10.1. The predicted molar refractivity (Wildman–Crippen MR) is 70.0 cm³/mol. The maximum atomic E-state index is 13.7. The number of benzene rings is 1. The fourth-order valence-electron chi connectivity index (χ4n) is 1.82. The van der Waals surface area contributed by atoms with Crippen LogP contribution in [-0.2, 0) is 0 Å². The highest BCUT2D eigenvalue weighted by Crippen LogP contribution is 2.21. The van der Waals surface area contributed by atoms with E-state index in [0.29, 0.717) is 6.04 Å². The van der Waals surface area contributed by atoms with Crippen molar-refractivity contribution in [3.8, 4) is 0 Å². The predicted octanol–water partition coefficient (Wildman–Crippen LogP) is 4.43. The van der Waals surface area contributed by atoms with Gasteiger partial charge < -0.3 is 5.32 Å². The molecule has 0 saturated heterocycles. The molecule has 1 atom stereocenters. The first kappa shape index (κ1) is 13.7. The summed E-state index contributed by atoms with van der Waals surface area (Å²) in [6.07, 6.45) is 2.14. The second-order valence-electron chi connectivity index (χ2n) is 4.07. The van der Waals surface area contributed by atoms with Crippen molar-refractivity contribution >= 4 is 15.9 Å². The number of hydrogen-bond donors (Lipinski definition) is 1. The lowest BCUT2D eigenvalue weighted by Gasteiger charge is -2.21. The molecule has 3 heteroatoms. The molecule has 0 amide bonds. The van der Waals surface area contributed by atoms with E-state index in [4.69, 9.17) is 0 Å². The van der Waals surface area contributed by atoms with Crippen molar-refractivity contribution < 1.29 is 4.39 Å². The van der Waals surface area contributed by atoms with Gasteiger partial charge in [-0.2, -0.15) is 0 Å². The molecule has 0 aliphatic carbocycles. The van der Waals surface area contributed by atoms with Gasteiger partial charge in [0, 0.05) is 22.1 Å². The minimum atomic E-state index is -0.152. The van der Waals surface area contributed by atoms with Crippen LogP contribution in [-0.4, -0.2) is 6.04 Å². The number of nitrogens with one attached hydrogen (secondary N) is 1. The second-order valence-corrected chi connectivity index (χ2v) is 4.98. The van der Waals surface area contributed by atoms with Gasteiger partial charge in [-0.1, -0.05) is 35.8 Å². The topological polar surface area (TPSA) is 12.0 Å². The molecule has 1 aromatic carbocycles. The molecule has 0 aromatic heterocycles. The summed E-state index contributed by atoms with van der Waals surface area (Å²) < 4.78 is 14.5. The van der Waals surface area contributed by atoms with E-state index in [2.05, 4.69) is 35.1 Å². The summed E-state index contributed by atoms with van der Waals surface area (Å²) in [5, 5.41) is 3.44. The SMILES string of the molecule is CCC(CC)NC(C)c1ccc(Br)cc1F. The molecule has 16 heavy (non-hydrogen) atoms. The molecule has 1 rings (SSSR count). The van der Waals surface area contributed by atoms with Gasteiger partial charge in [-0.25, -0.2) is 4.39 Å². The van der Waals surface area contributed by atoms with Crippen LogP contribution in [0.1, 0.15) is 45.2 Å². The molecule has 90 valence electrons. The zero-order chi connectivity index (χ0) is 12.1. The average molecular weight is 288 g/mol. The largest absolute Gasteiger partial charge is 0.307 e. The molecule has 0 bridgehead atoms. The summed E-state index contributed by atoms with van der Waals surface area (Å²) in [5.41, 5.74) is 0.732. The molecule has 1 nitrogen and oxygen atoms in total. The summed E-state index contributed by atoms with van der Waals surface area (Å²) in [4.78, 5) is 0. The minimum Gasteiger partial charge on any atom is -0.307 e. The van der Waals surface area contributed by atoms with Crippen LogP contribution in [0.5, 0.6) is 0 Å². The molecular weight excluding hydrogens is 269 g/mol. The number of hydrogen-bond acceptors (Lipinski definition) is 1. The lowest BCUT2D eigenvalue weighted by atomic mass is 10.1. The fraction of sp³-hybridized carbons (Fsp3) is 0.538. The standard InChI is InChI=1S/C13H19BrFN/c1-4-11(5-2)16-9(3)12-7-6-10(14)8-13(12)15/h6-9,11,16H,4-5H2,1-3H3. The Labute approximate surface area is 106 Å². The van der Waals surface area contributed by atoms with Crippen molar-refractivity contribution in [2.45, 2.75) is 45.7 Å². The molecule has 0 aliphatic heterocycles. The van der Waals surface area contributed by atoms with Gasteiger partial charge in [0.25, 0.3) is 0 Å². The molecule has 0 spiro atoms. The third-order valence-electron chi connectivity index (χ3n) is 2.90. The van der Waals surface area contributed by atoms with Crippen molar-refractivity contribution in [3.05, 3.63) is 34.1 Å². The lowest BCUT2D eigenvalue weighted by Crippen LogP contribution is -2.30. The summed E-state index contributed by atoms with van der Waals surface area (Å²) in [5.74, 6) is -0.152. The Hall–Kier alpha value is -0.410. The van der Waals surface area contributed by atoms with Crippen molar-refractivity contribution in [2.24, 2.45) is 0 Å².